The standard InChI is InChI=1S/C12H26N2O/c1-12(2,10-15-4)13-8-11-6-5-7-14(3)9-11/h11,13H,5-10H2,1-4H3. The predicted octanol–water partition coefficient (Wildman–Crippen LogP) is 1.34. The smallest absolute Gasteiger partial charge is 0.0639 e. The maximum Gasteiger partial charge on any atom is 0.0639 e. The number of hydrogen-bond donors (Lipinski definition) is 1. The van der Waals surface area contributed by atoms with Gasteiger partial charge in [0.2, 0.25) is 0 Å². The molecule has 1 aliphatic heterocycles. The summed E-state index contributed by atoms with van der Waals surface area (Å²) in [5, 5.41) is 3.60. The monoisotopic (exact) mass is 214 g/mol. The average molecular weight is 214 g/mol. The molecule has 0 spiro atoms. The molecule has 0 aromatic rings. The third-order valence-electron chi connectivity index (χ3n) is 3.10. The average Bonchev–Trinajstić information content (AvgIpc) is 2.15. The number of rotatable bonds is 5. The van der Waals surface area contributed by atoms with Crippen molar-refractivity contribution in [1.29, 1.82) is 0 Å². The van der Waals surface area contributed by atoms with Gasteiger partial charge in [0.25, 0.3) is 0 Å². The Morgan fingerprint density at radius 2 is 2.20 bits per heavy atom. The first-order valence-corrected chi connectivity index (χ1v) is 5.96. The van der Waals surface area contributed by atoms with E-state index in [9.17, 15) is 0 Å². The van der Waals surface area contributed by atoms with Gasteiger partial charge < -0.3 is 15.0 Å². The topological polar surface area (TPSA) is 24.5 Å². The first kappa shape index (κ1) is 12.9. The molecule has 1 atom stereocenters. The van der Waals surface area contributed by atoms with Crippen molar-refractivity contribution in [2.75, 3.05) is 40.4 Å². The molecular formula is C12H26N2O. The van der Waals surface area contributed by atoms with Crippen molar-refractivity contribution >= 4 is 0 Å². The van der Waals surface area contributed by atoms with Crippen molar-refractivity contribution in [3.63, 3.8) is 0 Å². The first-order chi connectivity index (χ1) is 7.03. The molecular weight excluding hydrogens is 188 g/mol. The van der Waals surface area contributed by atoms with Gasteiger partial charge in [0.15, 0.2) is 0 Å². The molecule has 3 heteroatoms. The summed E-state index contributed by atoms with van der Waals surface area (Å²) in [6, 6.07) is 0. The normalized spacial score (nSPS) is 24.4. The Morgan fingerprint density at radius 1 is 1.47 bits per heavy atom. The van der Waals surface area contributed by atoms with Crippen molar-refractivity contribution < 1.29 is 4.74 Å². The SMILES string of the molecule is COCC(C)(C)NCC1CCCN(C)C1. The van der Waals surface area contributed by atoms with Crippen LogP contribution in [0.1, 0.15) is 26.7 Å². The van der Waals surface area contributed by atoms with E-state index in [-0.39, 0.29) is 5.54 Å². The van der Waals surface area contributed by atoms with Gasteiger partial charge in [-0.05, 0) is 52.7 Å². The number of methoxy groups -OCH3 is 1. The highest BCUT2D eigenvalue weighted by molar-refractivity contribution is 4.80. The minimum absolute atomic E-state index is 0.102. The van der Waals surface area contributed by atoms with E-state index in [1.54, 1.807) is 7.11 Å². The molecule has 1 heterocycles. The molecule has 0 aliphatic carbocycles. The molecule has 1 fully saturated rings. The fraction of sp³-hybridized carbons (Fsp3) is 1.00. The van der Waals surface area contributed by atoms with Gasteiger partial charge in [0, 0.05) is 19.2 Å². The van der Waals surface area contributed by atoms with Crippen molar-refractivity contribution in [3.05, 3.63) is 0 Å². The third kappa shape index (κ3) is 4.96. The number of ether oxygens (including phenoxy) is 1. The van der Waals surface area contributed by atoms with E-state index in [1.807, 2.05) is 0 Å². The fourth-order valence-electron chi connectivity index (χ4n) is 2.27. The molecule has 15 heavy (non-hydrogen) atoms. The van der Waals surface area contributed by atoms with Gasteiger partial charge in [-0.25, -0.2) is 0 Å². The van der Waals surface area contributed by atoms with Crippen LogP contribution in [-0.4, -0.2) is 50.8 Å². The van der Waals surface area contributed by atoms with Crippen LogP contribution in [0.5, 0.6) is 0 Å². The summed E-state index contributed by atoms with van der Waals surface area (Å²) < 4.78 is 5.19. The predicted molar refractivity (Wildman–Crippen MR) is 64.2 cm³/mol. The van der Waals surface area contributed by atoms with Gasteiger partial charge in [-0.15, -0.1) is 0 Å². The van der Waals surface area contributed by atoms with E-state index in [0.717, 1.165) is 19.1 Å². The van der Waals surface area contributed by atoms with Gasteiger partial charge in [-0.1, -0.05) is 0 Å². The summed E-state index contributed by atoms with van der Waals surface area (Å²) in [5.74, 6) is 0.805. The Balaban J connectivity index is 2.23. The molecule has 0 radical (unpaired) electrons. The lowest BCUT2D eigenvalue weighted by Crippen LogP contribution is -2.47. The van der Waals surface area contributed by atoms with E-state index in [1.165, 1.54) is 25.9 Å². The van der Waals surface area contributed by atoms with Crippen LogP contribution in [0, 0.1) is 5.92 Å². The molecule has 0 bridgehead atoms. The minimum Gasteiger partial charge on any atom is -0.383 e. The Morgan fingerprint density at radius 3 is 2.80 bits per heavy atom. The second kappa shape index (κ2) is 5.83. The lowest BCUT2D eigenvalue weighted by molar-refractivity contribution is 0.118. The number of hydrogen-bond acceptors (Lipinski definition) is 3. The highest BCUT2D eigenvalue weighted by atomic mass is 16.5. The van der Waals surface area contributed by atoms with E-state index in [4.69, 9.17) is 4.74 Å². The molecule has 0 aromatic heterocycles. The van der Waals surface area contributed by atoms with E-state index in [2.05, 4.69) is 31.1 Å². The zero-order valence-corrected chi connectivity index (χ0v) is 10.7. The molecule has 90 valence electrons. The molecule has 1 saturated heterocycles. The second-order valence-corrected chi connectivity index (χ2v) is 5.47. The zero-order chi connectivity index (χ0) is 11.3. The Hall–Kier alpha value is -0.120. The molecule has 1 aliphatic rings. The summed E-state index contributed by atoms with van der Waals surface area (Å²) in [7, 11) is 3.98. The Labute approximate surface area is 94.2 Å². The number of nitrogens with one attached hydrogen (secondary N) is 1. The van der Waals surface area contributed by atoms with Crippen LogP contribution in [0.3, 0.4) is 0 Å². The fourth-order valence-corrected chi connectivity index (χ4v) is 2.27. The summed E-state index contributed by atoms with van der Waals surface area (Å²) in [5.41, 5.74) is 0.102. The van der Waals surface area contributed by atoms with Crippen LogP contribution in [0.4, 0.5) is 0 Å². The van der Waals surface area contributed by atoms with Gasteiger partial charge in [-0.3, -0.25) is 0 Å². The van der Waals surface area contributed by atoms with Crippen molar-refractivity contribution in [1.82, 2.24) is 10.2 Å². The zero-order valence-electron chi connectivity index (χ0n) is 10.7. The molecule has 0 aromatic carbocycles. The molecule has 0 saturated carbocycles. The summed E-state index contributed by atoms with van der Waals surface area (Å²) in [6.07, 6.45) is 2.70. The second-order valence-electron chi connectivity index (χ2n) is 5.47. The Kier molecular flexibility index (Phi) is 5.03. The number of nitrogens with zero attached hydrogens (tertiary/aromatic N) is 1. The molecule has 1 rings (SSSR count). The third-order valence-corrected chi connectivity index (χ3v) is 3.10. The van der Waals surface area contributed by atoms with Crippen LogP contribution in [0.15, 0.2) is 0 Å². The first-order valence-electron chi connectivity index (χ1n) is 5.96. The van der Waals surface area contributed by atoms with Crippen LogP contribution >= 0.6 is 0 Å². The highest BCUT2D eigenvalue weighted by Gasteiger charge is 2.21. The highest BCUT2D eigenvalue weighted by Crippen LogP contribution is 2.15. The lowest BCUT2D eigenvalue weighted by Gasteiger charge is -2.33. The van der Waals surface area contributed by atoms with Gasteiger partial charge in [-0.2, -0.15) is 0 Å². The lowest BCUT2D eigenvalue weighted by atomic mass is 9.97. The summed E-state index contributed by atoms with van der Waals surface area (Å²) in [6.45, 7) is 8.77. The quantitative estimate of drug-likeness (QED) is 0.747. The summed E-state index contributed by atoms with van der Waals surface area (Å²) >= 11 is 0. The van der Waals surface area contributed by atoms with Crippen LogP contribution < -0.4 is 5.32 Å². The van der Waals surface area contributed by atoms with Gasteiger partial charge >= 0.3 is 0 Å². The van der Waals surface area contributed by atoms with Crippen molar-refractivity contribution in [2.24, 2.45) is 5.92 Å². The summed E-state index contributed by atoms with van der Waals surface area (Å²) in [4.78, 5) is 2.43. The maximum atomic E-state index is 5.19. The van der Waals surface area contributed by atoms with E-state index >= 15 is 0 Å². The van der Waals surface area contributed by atoms with Crippen LogP contribution in [0.25, 0.3) is 0 Å². The van der Waals surface area contributed by atoms with Crippen molar-refractivity contribution in [3.8, 4) is 0 Å². The number of piperidine rings is 1. The van der Waals surface area contributed by atoms with Crippen LogP contribution in [0.2, 0.25) is 0 Å². The van der Waals surface area contributed by atoms with E-state index in [0.29, 0.717) is 0 Å². The molecule has 1 N–H and O–H groups in total. The van der Waals surface area contributed by atoms with Crippen LogP contribution in [-0.2, 0) is 4.74 Å². The maximum absolute atomic E-state index is 5.19. The van der Waals surface area contributed by atoms with E-state index < -0.39 is 0 Å². The molecule has 1 unspecified atom stereocenters. The van der Waals surface area contributed by atoms with Crippen molar-refractivity contribution in [2.45, 2.75) is 32.2 Å². The largest absolute Gasteiger partial charge is 0.383 e. The van der Waals surface area contributed by atoms with Gasteiger partial charge in [0.1, 0.15) is 0 Å². The molecule has 3 nitrogen and oxygen atoms in total. The Bertz CT molecular complexity index is 182. The van der Waals surface area contributed by atoms with Gasteiger partial charge in [0.05, 0.1) is 6.61 Å². The minimum atomic E-state index is 0.102. The molecule has 0 amide bonds. The number of likely N-dealkylation sites (tertiary alicyclic amines) is 1.